The second-order valence-electron chi connectivity index (χ2n) is 4.42. The number of nitrogens with one attached hydrogen (secondary N) is 1. The van der Waals surface area contributed by atoms with E-state index in [4.69, 9.17) is 9.84 Å². The molecule has 0 bridgehead atoms. The van der Waals surface area contributed by atoms with Gasteiger partial charge in [0.2, 0.25) is 5.91 Å². The zero-order valence-corrected chi connectivity index (χ0v) is 11.0. The van der Waals surface area contributed by atoms with Crippen molar-refractivity contribution in [1.82, 2.24) is 10.2 Å². The maximum Gasteiger partial charge on any atom is 0.311 e. The Bertz CT molecular complexity index is 296. The molecule has 1 aliphatic rings. The number of nitrogens with zero attached hydrogens (tertiary/aromatic N) is 1. The molecular formula is C12H22N2O4. The van der Waals surface area contributed by atoms with Gasteiger partial charge in [-0.1, -0.05) is 13.8 Å². The van der Waals surface area contributed by atoms with E-state index in [9.17, 15) is 9.59 Å². The SMILES string of the molecule is CCCN(C(=O)CNCC)C1COCC1C(=O)O. The fourth-order valence-corrected chi connectivity index (χ4v) is 2.14. The Labute approximate surface area is 107 Å². The van der Waals surface area contributed by atoms with Gasteiger partial charge in [-0.3, -0.25) is 9.59 Å². The molecular weight excluding hydrogens is 236 g/mol. The summed E-state index contributed by atoms with van der Waals surface area (Å²) in [6, 6.07) is -0.339. The lowest BCUT2D eigenvalue weighted by Gasteiger charge is -2.30. The van der Waals surface area contributed by atoms with Crippen LogP contribution in [0, 0.1) is 5.92 Å². The molecule has 2 unspecified atom stereocenters. The molecule has 18 heavy (non-hydrogen) atoms. The van der Waals surface area contributed by atoms with Crippen LogP contribution in [0.5, 0.6) is 0 Å². The standard InChI is InChI=1S/C12H22N2O4/c1-3-5-14(11(15)6-13-4-2)10-8-18-7-9(10)12(16)17/h9-10,13H,3-8H2,1-2H3,(H,16,17). The molecule has 1 fully saturated rings. The quantitative estimate of drug-likeness (QED) is 0.668. The Morgan fingerprint density at radius 1 is 1.39 bits per heavy atom. The van der Waals surface area contributed by atoms with E-state index in [1.165, 1.54) is 0 Å². The monoisotopic (exact) mass is 258 g/mol. The fourth-order valence-electron chi connectivity index (χ4n) is 2.14. The molecule has 0 aromatic rings. The van der Waals surface area contributed by atoms with E-state index in [1.54, 1.807) is 4.90 Å². The number of hydrogen-bond donors (Lipinski definition) is 2. The van der Waals surface area contributed by atoms with E-state index in [-0.39, 0.29) is 25.1 Å². The Morgan fingerprint density at radius 2 is 2.11 bits per heavy atom. The molecule has 0 saturated carbocycles. The van der Waals surface area contributed by atoms with Gasteiger partial charge < -0.3 is 20.1 Å². The number of carbonyl (C=O) groups excluding carboxylic acids is 1. The van der Waals surface area contributed by atoms with Crippen molar-refractivity contribution < 1.29 is 19.4 Å². The molecule has 2 atom stereocenters. The van der Waals surface area contributed by atoms with Crippen LogP contribution in [-0.4, -0.2) is 60.8 Å². The molecule has 6 nitrogen and oxygen atoms in total. The first-order valence-electron chi connectivity index (χ1n) is 6.42. The van der Waals surface area contributed by atoms with Gasteiger partial charge in [-0.05, 0) is 13.0 Å². The number of carbonyl (C=O) groups is 2. The second-order valence-corrected chi connectivity index (χ2v) is 4.42. The van der Waals surface area contributed by atoms with Crippen LogP contribution in [0.25, 0.3) is 0 Å². The number of carboxylic acid groups (broad SMARTS) is 1. The maximum absolute atomic E-state index is 12.1. The number of rotatable bonds is 7. The zero-order chi connectivity index (χ0) is 13.5. The van der Waals surface area contributed by atoms with E-state index in [1.807, 2.05) is 13.8 Å². The third-order valence-corrected chi connectivity index (χ3v) is 3.08. The van der Waals surface area contributed by atoms with Gasteiger partial charge in [0.25, 0.3) is 0 Å². The minimum absolute atomic E-state index is 0.0551. The van der Waals surface area contributed by atoms with Crippen LogP contribution in [0.2, 0.25) is 0 Å². The zero-order valence-electron chi connectivity index (χ0n) is 11.0. The Balaban J connectivity index is 2.70. The summed E-state index contributed by atoms with van der Waals surface area (Å²) in [6.45, 7) is 5.94. The van der Waals surface area contributed by atoms with E-state index in [2.05, 4.69) is 5.32 Å². The predicted octanol–water partition coefficient (Wildman–Crippen LogP) is -0.0659. The van der Waals surface area contributed by atoms with Crippen LogP contribution >= 0.6 is 0 Å². The van der Waals surface area contributed by atoms with Crippen LogP contribution in [0.1, 0.15) is 20.3 Å². The third kappa shape index (κ3) is 3.68. The summed E-state index contributed by atoms with van der Waals surface area (Å²) in [4.78, 5) is 24.8. The minimum Gasteiger partial charge on any atom is -0.481 e. The van der Waals surface area contributed by atoms with Crippen molar-refractivity contribution in [3.8, 4) is 0 Å². The number of amides is 1. The Kier molecular flexibility index (Phi) is 6.07. The van der Waals surface area contributed by atoms with Crippen molar-refractivity contribution in [2.24, 2.45) is 5.92 Å². The number of carboxylic acids is 1. The lowest BCUT2D eigenvalue weighted by atomic mass is 10.0. The summed E-state index contributed by atoms with van der Waals surface area (Å²) in [5.41, 5.74) is 0. The van der Waals surface area contributed by atoms with Gasteiger partial charge >= 0.3 is 5.97 Å². The molecule has 0 aliphatic carbocycles. The average molecular weight is 258 g/mol. The van der Waals surface area contributed by atoms with Crippen molar-refractivity contribution >= 4 is 11.9 Å². The molecule has 0 radical (unpaired) electrons. The second kappa shape index (κ2) is 7.33. The van der Waals surface area contributed by atoms with Crippen LogP contribution in [-0.2, 0) is 14.3 Å². The van der Waals surface area contributed by atoms with Gasteiger partial charge in [0.05, 0.1) is 25.8 Å². The summed E-state index contributed by atoms with van der Waals surface area (Å²) in [5.74, 6) is -1.56. The van der Waals surface area contributed by atoms with Crippen molar-refractivity contribution in [3.63, 3.8) is 0 Å². The average Bonchev–Trinajstić information content (AvgIpc) is 2.81. The molecule has 6 heteroatoms. The van der Waals surface area contributed by atoms with Crippen molar-refractivity contribution in [2.45, 2.75) is 26.3 Å². The lowest BCUT2D eigenvalue weighted by Crippen LogP contribution is -2.49. The maximum atomic E-state index is 12.1. The highest BCUT2D eigenvalue weighted by Crippen LogP contribution is 2.20. The van der Waals surface area contributed by atoms with Gasteiger partial charge in [0.15, 0.2) is 0 Å². The topological polar surface area (TPSA) is 78.9 Å². The molecule has 1 amide bonds. The fraction of sp³-hybridized carbons (Fsp3) is 0.833. The number of likely N-dealkylation sites (N-methyl/N-ethyl adjacent to an activating group) is 1. The van der Waals surface area contributed by atoms with Crippen LogP contribution in [0.15, 0.2) is 0 Å². The highest BCUT2D eigenvalue weighted by Gasteiger charge is 2.39. The van der Waals surface area contributed by atoms with Crippen LogP contribution < -0.4 is 5.32 Å². The molecule has 1 saturated heterocycles. The number of aliphatic carboxylic acids is 1. The Morgan fingerprint density at radius 3 is 2.67 bits per heavy atom. The molecule has 1 heterocycles. The number of ether oxygens (including phenoxy) is 1. The van der Waals surface area contributed by atoms with E-state index in [0.29, 0.717) is 13.2 Å². The molecule has 0 aromatic heterocycles. The molecule has 2 N–H and O–H groups in total. The van der Waals surface area contributed by atoms with Crippen molar-refractivity contribution in [1.29, 1.82) is 0 Å². The third-order valence-electron chi connectivity index (χ3n) is 3.08. The minimum atomic E-state index is -0.894. The Hall–Kier alpha value is -1.14. The van der Waals surface area contributed by atoms with Gasteiger partial charge in [0.1, 0.15) is 5.92 Å². The van der Waals surface area contributed by atoms with Crippen LogP contribution in [0.4, 0.5) is 0 Å². The van der Waals surface area contributed by atoms with Crippen molar-refractivity contribution in [3.05, 3.63) is 0 Å². The summed E-state index contributed by atoms with van der Waals surface area (Å²) in [5, 5.41) is 12.1. The first-order chi connectivity index (χ1) is 8.61. The highest BCUT2D eigenvalue weighted by molar-refractivity contribution is 5.80. The van der Waals surface area contributed by atoms with Gasteiger partial charge in [0, 0.05) is 6.54 Å². The summed E-state index contributed by atoms with van der Waals surface area (Å²) < 4.78 is 5.22. The van der Waals surface area contributed by atoms with E-state index < -0.39 is 11.9 Å². The van der Waals surface area contributed by atoms with E-state index >= 15 is 0 Å². The lowest BCUT2D eigenvalue weighted by molar-refractivity contribution is -0.144. The first kappa shape index (κ1) is 14.9. The highest BCUT2D eigenvalue weighted by atomic mass is 16.5. The smallest absolute Gasteiger partial charge is 0.311 e. The summed E-state index contributed by atoms with van der Waals surface area (Å²) in [7, 11) is 0. The molecule has 1 rings (SSSR count). The molecule has 0 spiro atoms. The summed E-state index contributed by atoms with van der Waals surface area (Å²) in [6.07, 6.45) is 0.806. The molecule has 1 aliphatic heterocycles. The normalized spacial score (nSPS) is 23.0. The van der Waals surface area contributed by atoms with Gasteiger partial charge in [-0.15, -0.1) is 0 Å². The van der Waals surface area contributed by atoms with E-state index in [0.717, 1.165) is 13.0 Å². The van der Waals surface area contributed by atoms with Gasteiger partial charge in [-0.2, -0.15) is 0 Å². The van der Waals surface area contributed by atoms with Crippen LogP contribution in [0.3, 0.4) is 0 Å². The first-order valence-corrected chi connectivity index (χ1v) is 6.42. The van der Waals surface area contributed by atoms with Crippen molar-refractivity contribution in [2.75, 3.05) is 32.8 Å². The van der Waals surface area contributed by atoms with Gasteiger partial charge in [-0.25, -0.2) is 0 Å². The summed E-state index contributed by atoms with van der Waals surface area (Å²) >= 11 is 0. The largest absolute Gasteiger partial charge is 0.481 e. The number of hydrogen-bond acceptors (Lipinski definition) is 4. The molecule has 0 aromatic carbocycles. The predicted molar refractivity (Wildman–Crippen MR) is 66.3 cm³/mol. The molecule has 104 valence electrons.